The molecule has 4 nitrogen and oxygen atoms in total. The SMILES string of the molecule is CSc1cc(N)nc(SCc2cccnc2-c2ccc(S)cc2)n1. The standard InChI is InChI=1S/C17H16N4S3/c1-23-15-9-14(18)20-17(21-15)24-10-12-3-2-8-19-16(12)11-4-6-13(22)7-5-11/h2-9,22H,10H2,1H3,(H2,18,20,21). The van der Waals surface area contributed by atoms with Gasteiger partial charge in [0.25, 0.3) is 0 Å². The summed E-state index contributed by atoms with van der Waals surface area (Å²) in [5.41, 5.74) is 9.01. The minimum absolute atomic E-state index is 0.493. The molecule has 1 aromatic carbocycles. The molecule has 0 saturated heterocycles. The molecule has 0 bridgehead atoms. The van der Waals surface area contributed by atoms with Crippen LogP contribution in [0.2, 0.25) is 0 Å². The molecular weight excluding hydrogens is 356 g/mol. The normalized spacial score (nSPS) is 10.8. The molecule has 0 aliphatic carbocycles. The van der Waals surface area contributed by atoms with Crippen LogP contribution in [-0.4, -0.2) is 21.2 Å². The molecule has 3 aromatic rings. The minimum Gasteiger partial charge on any atom is -0.384 e. The van der Waals surface area contributed by atoms with Crippen LogP contribution in [0, 0.1) is 0 Å². The summed E-state index contributed by atoms with van der Waals surface area (Å²) >= 11 is 7.45. The predicted octanol–water partition coefficient (Wildman–Crippen LogP) is 4.42. The number of aromatic nitrogens is 3. The zero-order valence-electron chi connectivity index (χ0n) is 13.0. The van der Waals surface area contributed by atoms with Gasteiger partial charge in [-0.1, -0.05) is 30.0 Å². The van der Waals surface area contributed by atoms with E-state index in [4.69, 9.17) is 5.73 Å². The number of hydrogen-bond acceptors (Lipinski definition) is 7. The van der Waals surface area contributed by atoms with Crippen LogP contribution in [0.3, 0.4) is 0 Å². The van der Waals surface area contributed by atoms with Crippen molar-refractivity contribution in [3.8, 4) is 11.3 Å². The number of thioether (sulfide) groups is 2. The van der Waals surface area contributed by atoms with E-state index >= 15 is 0 Å². The van der Waals surface area contributed by atoms with Crippen molar-refractivity contribution in [2.75, 3.05) is 12.0 Å². The quantitative estimate of drug-likeness (QED) is 0.299. The highest BCUT2D eigenvalue weighted by Crippen LogP contribution is 2.28. The summed E-state index contributed by atoms with van der Waals surface area (Å²) in [5, 5.41) is 1.56. The topological polar surface area (TPSA) is 64.7 Å². The molecule has 0 spiro atoms. The molecule has 2 aromatic heterocycles. The molecular formula is C17H16N4S3. The van der Waals surface area contributed by atoms with Crippen molar-refractivity contribution in [2.45, 2.75) is 20.8 Å². The number of rotatable bonds is 5. The maximum absolute atomic E-state index is 5.84. The van der Waals surface area contributed by atoms with Crippen LogP contribution >= 0.6 is 36.2 Å². The fourth-order valence-corrected chi connectivity index (χ4v) is 3.64. The number of hydrogen-bond donors (Lipinski definition) is 2. The maximum Gasteiger partial charge on any atom is 0.190 e. The monoisotopic (exact) mass is 372 g/mol. The molecule has 0 aliphatic rings. The molecule has 0 aliphatic heterocycles. The van der Waals surface area contributed by atoms with Gasteiger partial charge in [-0.15, -0.1) is 24.4 Å². The lowest BCUT2D eigenvalue weighted by Gasteiger charge is -2.09. The molecule has 0 amide bonds. The third-order valence-electron chi connectivity index (χ3n) is 3.30. The summed E-state index contributed by atoms with van der Waals surface area (Å²) in [6.07, 6.45) is 3.78. The summed E-state index contributed by atoms with van der Waals surface area (Å²) in [5.74, 6) is 1.22. The Morgan fingerprint density at radius 3 is 2.67 bits per heavy atom. The van der Waals surface area contributed by atoms with Crippen molar-refractivity contribution in [1.29, 1.82) is 0 Å². The second kappa shape index (κ2) is 7.92. The van der Waals surface area contributed by atoms with Crippen molar-refractivity contribution < 1.29 is 0 Å². The molecule has 0 radical (unpaired) electrons. The average Bonchev–Trinajstić information content (AvgIpc) is 2.60. The summed E-state index contributed by atoms with van der Waals surface area (Å²) < 4.78 is 0. The highest BCUT2D eigenvalue weighted by atomic mass is 32.2. The van der Waals surface area contributed by atoms with Gasteiger partial charge in [0.15, 0.2) is 5.16 Å². The number of nitrogens with zero attached hydrogens (tertiary/aromatic N) is 3. The smallest absolute Gasteiger partial charge is 0.190 e. The van der Waals surface area contributed by atoms with E-state index < -0.39 is 0 Å². The first kappa shape index (κ1) is 17.1. The van der Waals surface area contributed by atoms with Crippen LogP contribution in [0.4, 0.5) is 5.82 Å². The Hall–Kier alpha value is -1.70. The highest BCUT2D eigenvalue weighted by molar-refractivity contribution is 7.99. The number of thiol groups is 1. The summed E-state index contributed by atoms with van der Waals surface area (Å²) in [7, 11) is 0. The second-order valence-electron chi connectivity index (χ2n) is 4.96. The van der Waals surface area contributed by atoms with E-state index in [2.05, 4.69) is 33.6 Å². The van der Waals surface area contributed by atoms with Crippen molar-refractivity contribution in [3.63, 3.8) is 0 Å². The van der Waals surface area contributed by atoms with Gasteiger partial charge in [0, 0.05) is 28.5 Å². The third kappa shape index (κ3) is 4.23. The molecule has 0 unspecified atom stereocenters. The van der Waals surface area contributed by atoms with Crippen LogP contribution in [0.1, 0.15) is 5.56 Å². The van der Waals surface area contributed by atoms with Gasteiger partial charge in [0.2, 0.25) is 0 Å². The Morgan fingerprint density at radius 1 is 1.12 bits per heavy atom. The lowest BCUT2D eigenvalue weighted by atomic mass is 10.1. The van der Waals surface area contributed by atoms with Crippen molar-refractivity contribution >= 4 is 42.0 Å². The number of nitrogens with two attached hydrogens (primary N) is 1. The summed E-state index contributed by atoms with van der Waals surface area (Å²) in [6.45, 7) is 0. The lowest BCUT2D eigenvalue weighted by molar-refractivity contribution is 0.900. The molecule has 3 rings (SSSR count). The number of benzene rings is 1. The Bertz CT molecular complexity index is 837. The maximum atomic E-state index is 5.84. The fourth-order valence-electron chi connectivity index (χ4n) is 2.17. The van der Waals surface area contributed by atoms with Crippen LogP contribution in [-0.2, 0) is 5.75 Å². The van der Waals surface area contributed by atoms with E-state index in [0.717, 1.165) is 32.5 Å². The van der Waals surface area contributed by atoms with Gasteiger partial charge in [-0.25, -0.2) is 9.97 Å². The lowest BCUT2D eigenvalue weighted by Crippen LogP contribution is -1.97. The third-order valence-corrected chi connectivity index (χ3v) is 5.12. The van der Waals surface area contributed by atoms with Gasteiger partial charge in [0.05, 0.1) is 5.69 Å². The van der Waals surface area contributed by atoms with Gasteiger partial charge < -0.3 is 5.73 Å². The average molecular weight is 373 g/mol. The van der Waals surface area contributed by atoms with Gasteiger partial charge in [-0.3, -0.25) is 4.98 Å². The van der Waals surface area contributed by atoms with E-state index in [1.54, 1.807) is 35.8 Å². The molecule has 0 atom stereocenters. The van der Waals surface area contributed by atoms with E-state index in [1.807, 2.05) is 36.6 Å². The molecule has 0 saturated carbocycles. The van der Waals surface area contributed by atoms with Gasteiger partial charge >= 0.3 is 0 Å². The number of nitrogen functional groups attached to an aromatic ring is 1. The molecule has 2 N–H and O–H groups in total. The van der Waals surface area contributed by atoms with Gasteiger partial charge in [-0.2, -0.15) is 0 Å². The van der Waals surface area contributed by atoms with Gasteiger partial charge in [-0.05, 0) is 30.0 Å². The second-order valence-corrected chi connectivity index (χ2v) is 7.25. The summed E-state index contributed by atoms with van der Waals surface area (Å²) in [6, 6.07) is 13.8. The molecule has 24 heavy (non-hydrogen) atoms. The van der Waals surface area contributed by atoms with Crippen molar-refractivity contribution in [3.05, 3.63) is 54.2 Å². The van der Waals surface area contributed by atoms with Crippen LogP contribution in [0.5, 0.6) is 0 Å². The Morgan fingerprint density at radius 2 is 1.92 bits per heavy atom. The van der Waals surface area contributed by atoms with Crippen molar-refractivity contribution in [2.24, 2.45) is 0 Å². The fraction of sp³-hybridized carbons (Fsp3) is 0.118. The first-order chi connectivity index (χ1) is 11.7. The van der Waals surface area contributed by atoms with Crippen molar-refractivity contribution in [1.82, 2.24) is 15.0 Å². The Kier molecular flexibility index (Phi) is 5.65. The van der Waals surface area contributed by atoms with E-state index in [-0.39, 0.29) is 0 Å². The number of pyridine rings is 1. The molecule has 122 valence electrons. The molecule has 2 heterocycles. The number of anilines is 1. The zero-order chi connectivity index (χ0) is 16.9. The van der Waals surface area contributed by atoms with E-state index in [0.29, 0.717) is 11.0 Å². The van der Waals surface area contributed by atoms with Crippen LogP contribution in [0.15, 0.2) is 63.7 Å². The summed E-state index contributed by atoms with van der Waals surface area (Å²) in [4.78, 5) is 14.3. The predicted molar refractivity (Wildman–Crippen MR) is 105 cm³/mol. The Labute approximate surface area is 155 Å². The first-order valence-corrected chi connectivity index (χ1v) is 9.86. The first-order valence-electron chi connectivity index (χ1n) is 7.20. The van der Waals surface area contributed by atoms with Gasteiger partial charge in [0.1, 0.15) is 10.8 Å². The highest BCUT2D eigenvalue weighted by Gasteiger charge is 2.09. The van der Waals surface area contributed by atoms with Crippen LogP contribution < -0.4 is 5.73 Å². The minimum atomic E-state index is 0.493. The van der Waals surface area contributed by atoms with E-state index in [1.165, 1.54) is 0 Å². The van der Waals surface area contributed by atoms with Crippen LogP contribution in [0.25, 0.3) is 11.3 Å². The largest absolute Gasteiger partial charge is 0.384 e. The zero-order valence-corrected chi connectivity index (χ0v) is 15.5. The molecule has 7 heteroatoms. The Balaban J connectivity index is 1.83. The molecule has 0 fully saturated rings. The van der Waals surface area contributed by atoms with E-state index in [9.17, 15) is 0 Å².